The van der Waals surface area contributed by atoms with Gasteiger partial charge < -0.3 is 10.1 Å². The van der Waals surface area contributed by atoms with Crippen LogP contribution in [0.5, 0.6) is 5.75 Å². The highest BCUT2D eigenvalue weighted by Crippen LogP contribution is 2.38. The summed E-state index contributed by atoms with van der Waals surface area (Å²) in [6, 6.07) is 6.81. The van der Waals surface area contributed by atoms with E-state index in [0.29, 0.717) is 6.04 Å². The van der Waals surface area contributed by atoms with Gasteiger partial charge in [0.25, 0.3) is 0 Å². The van der Waals surface area contributed by atoms with Crippen LogP contribution < -0.4 is 10.1 Å². The number of nitrogens with one attached hydrogen (secondary N) is 1. The first kappa shape index (κ1) is 20.6. The summed E-state index contributed by atoms with van der Waals surface area (Å²) in [4.78, 5) is 3.57. The minimum Gasteiger partial charge on any atom is -0.496 e. The molecule has 3 nitrogen and oxygen atoms in total. The van der Waals surface area contributed by atoms with Crippen LogP contribution in [0.3, 0.4) is 0 Å². The Morgan fingerprint density at radius 3 is 2.78 bits per heavy atom. The van der Waals surface area contributed by atoms with Gasteiger partial charge in [0.2, 0.25) is 0 Å². The molecule has 1 saturated heterocycles. The molecule has 3 rings (SSSR count). The van der Waals surface area contributed by atoms with Crippen molar-refractivity contribution in [2.75, 3.05) is 26.7 Å². The molecule has 0 radical (unpaired) electrons. The third-order valence-electron chi connectivity index (χ3n) is 6.52. The summed E-state index contributed by atoms with van der Waals surface area (Å²) < 4.78 is 5.52. The minimum atomic E-state index is 0.602. The third kappa shape index (κ3) is 5.23. The summed E-state index contributed by atoms with van der Waals surface area (Å²) in [6.45, 7) is 7.86. The number of nitrogens with zero attached hydrogens (tertiary/aromatic N) is 1. The van der Waals surface area contributed by atoms with Crippen LogP contribution in [0.4, 0.5) is 0 Å². The Morgan fingerprint density at radius 2 is 2.04 bits per heavy atom. The maximum atomic E-state index is 5.73. The van der Waals surface area contributed by atoms with Gasteiger partial charge in [-0.2, -0.15) is 0 Å². The number of likely N-dealkylation sites (tertiary alicyclic amines) is 1. The Kier molecular flexibility index (Phi) is 7.54. The van der Waals surface area contributed by atoms with Gasteiger partial charge in [-0.25, -0.2) is 0 Å². The number of unbranched alkanes of at least 4 members (excludes halogenated alkanes) is 1. The van der Waals surface area contributed by atoms with E-state index in [1.165, 1.54) is 63.6 Å². The van der Waals surface area contributed by atoms with Crippen LogP contribution in [0.2, 0.25) is 0 Å². The van der Waals surface area contributed by atoms with Crippen LogP contribution in [-0.2, 0) is 0 Å². The highest BCUT2D eigenvalue weighted by Gasteiger charge is 2.36. The van der Waals surface area contributed by atoms with E-state index < -0.39 is 0 Å². The van der Waals surface area contributed by atoms with Gasteiger partial charge in [0.1, 0.15) is 10.7 Å². The molecular weight excluding hydrogens is 352 g/mol. The SMILES string of the molecule is CCCCN1CC2CCCCC2C[C@H]1CNC(=S)c1cc(C)ccc1OC. The smallest absolute Gasteiger partial charge is 0.129 e. The average Bonchev–Trinajstić information content (AvgIpc) is 2.70. The third-order valence-corrected chi connectivity index (χ3v) is 6.89. The van der Waals surface area contributed by atoms with Crippen molar-refractivity contribution in [3.8, 4) is 5.75 Å². The predicted octanol–water partition coefficient (Wildman–Crippen LogP) is 4.95. The molecule has 0 bridgehead atoms. The summed E-state index contributed by atoms with van der Waals surface area (Å²) in [5.74, 6) is 2.71. The van der Waals surface area contributed by atoms with Crippen LogP contribution in [0.1, 0.15) is 63.0 Å². The molecule has 1 N–H and O–H groups in total. The Bertz CT molecular complexity index is 633. The summed E-state index contributed by atoms with van der Waals surface area (Å²) in [6.07, 6.45) is 9.62. The van der Waals surface area contributed by atoms with E-state index in [4.69, 9.17) is 17.0 Å². The first-order valence-corrected chi connectivity index (χ1v) is 11.2. The minimum absolute atomic E-state index is 0.602. The molecule has 1 aliphatic carbocycles. The predicted molar refractivity (Wildman–Crippen MR) is 118 cm³/mol. The average molecular weight is 389 g/mol. The van der Waals surface area contributed by atoms with E-state index in [9.17, 15) is 0 Å². The molecule has 0 amide bonds. The van der Waals surface area contributed by atoms with Crippen molar-refractivity contribution >= 4 is 17.2 Å². The molecule has 27 heavy (non-hydrogen) atoms. The first-order valence-electron chi connectivity index (χ1n) is 10.8. The van der Waals surface area contributed by atoms with Crippen molar-refractivity contribution in [3.05, 3.63) is 29.3 Å². The standard InChI is InChI=1S/C23H36N2OS/c1-4-5-12-25-16-19-9-7-6-8-18(19)14-20(25)15-24-23(27)21-13-17(2)10-11-22(21)26-3/h10-11,13,18-20H,4-9,12,14-16H2,1-3H3,(H,24,27)/t18?,19?,20-/m0/s1. The quantitative estimate of drug-likeness (QED) is 0.668. The van der Waals surface area contributed by atoms with E-state index >= 15 is 0 Å². The zero-order chi connectivity index (χ0) is 19.2. The molecular formula is C23H36N2OS. The zero-order valence-corrected chi connectivity index (χ0v) is 18.1. The van der Waals surface area contributed by atoms with Gasteiger partial charge in [0, 0.05) is 19.1 Å². The fourth-order valence-electron chi connectivity index (χ4n) is 4.94. The van der Waals surface area contributed by atoms with E-state index in [-0.39, 0.29) is 0 Å². The second-order valence-corrected chi connectivity index (χ2v) is 8.86. The highest BCUT2D eigenvalue weighted by molar-refractivity contribution is 7.80. The number of hydrogen-bond acceptors (Lipinski definition) is 3. The molecule has 150 valence electrons. The number of benzene rings is 1. The number of rotatable bonds is 7. The van der Waals surface area contributed by atoms with Crippen LogP contribution >= 0.6 is 12.2 Å². The lowest BCUT2D eigenvalue weighted by Crippen LogP contribution is -2.52. The van der Waals surface area contributed by atoms with Crippen molar-refractivity contribution in [1.82, 2.24) is 10.2 Å². The number of ether oxygens (including phenoxy) is 1. The summed E-state index contributed by atoms with van der Waals surface area (Å²) in [5, 5.41) is 3.58. The van der Waals surface area contributed by atoms with Crippen molar-refractivity contribution < 1.29 is 4.74 Å². The molecule has 1 aliphatic heterocycles. The molecule has 1 aromatic rings. The van der Waals surface area contributed by atoms with Crippen LogP contribution in [0.15, 0.2) is 18.2 Å². The molecule has 0 spiro atoms. The van der Waals surface area contributed by atoms with E-state index in [0.717, 1.165) is 34.7 Å². The fourth-order valence-corrected chi connectivity index (χ4v) is 5.18. The van der Waals surface area contributed by atoms with Crippen molar-refractivity contribution in [2.45, 2.75) is 64.8 Å². The van der Waals surface area contributed by atoms with Gasteiger partial charge in [-0.05, 0) is 56.7 Å². The number of piperidine rings is 1. The van der Waals surface area contributed by atoms with Crippen LogP contribution in [-0.4, -0.2) is 42.7 Å². The Labute approximate surface area is 170 Å². The molecule has 3 atom stereocenters. The van der Waals surface area contributed by atoms with E-state index in [1.807, 2.05) is 6.07 Å². The Morgan fingerprint density at radius 1 is 1.26 bits per heavy atom. The Balaban J connectivity index is 1.65. The molecule has 1 aromatic carbocycles. The van der Waals surface area contributed by atoms with Gasteiger partial charge in [0.15, 0.2) is 0 Å². The summed E-state index contributed by atoms with van der Waals surface area (Å²) in [5.41, 5.74) is 2.22. The molecule has 2 unspecified atom stereocenters. The largest absolute Gasteiger partial charge is 0.496 e. The lowest BCUT2D eigenvalue weighted by Gasteiger charge is -2.46. The zero-order valence-electron chi connectivity index (χ0n) is 17.3. The Hall–Kier alpha value is -1.13. The number of aryl methyl sites for hydroxylation is 1. The first-order chi connectivity index (χ1) is 13.1. The van der Waals surface area contributed by atoms with Crippen LogP contribution in [0.25, 0.3) is 0 Å². The van der Waals surface area contributed by atoms with Crippen LogP contribution in [0, 0.1) is 18.8 Å². The van der Waals surface area contributed by atoms with Crippen molar-refractivity contribution in [1.29, 1.82) is 0 Å². The number of fused-ring (bicyclic) bond motifs is 1. The molecule has 2 fully saturated rings. The topological polar surface area (TPSA) is 24.5 Å². The summed E-state index contributed by atoms with van der Waals surface area (Å²) >= 11 is 5.73. The van der Waals surface area contributed by atoms with E-state index in [1.54, 1.807) is 7.11 Å². The fraction of sp³-hybridized carbons (Fsp3) is 0.696. The molecule has 2 aliphatic rings. The maximum absolute atomic E-state index is 5.73. The van der Waals surface area contributed by atoms with Crippen molar-refractivity contribution in [3.63, 3.8) is 0 Å². The van der Waals surface area contributed by atoms with Gasteiger partial charge in [0.05, 0.1) is 12.7 Å². The normalized spacial score (nSPS) is 25.7. The van der Waals surface area contributed by atoms with Gasteiger partial charge >= 0.3 is 0 Å². The number of thiocarbonyl (C=S) groups is 1. The molecule has 1 saturated carbocycles. The van der Waals surface area contributed by atoms with Crippen molar-refractivity contribution in [2.24, 2.45) is 11.8 Å². The monoisotopic (exact) mass is 388 g/mol. The second-order valence-electron chi connectivity index (χ2n) is 8.46. The maximum Gasteiger partial charge on any atom is 0.129 e. The van der Waals surface area contributed by atoms with E-state index in [2.05, 4.69) is 36.2 Å². The second kappa shape index (κ2) is 9.88. The number of methoxy groups -OCH3 is 1. The molecule has 0 aromatic heterocycles. The number of hydrogen-bond donors (Lipinski definition) is 1. The van der Waals surface area contributed by atoms with Gasteiger partial charge in [-0.3, -0.25) is 4.90 Å². The lowest BCUT2D eigenvalue weighted by molar-refractivity contribution is 0.0396. The highest BCUT2D eigenvalue weighted by atomic mass is 32.1. The lowest BCUT2D eigenvalue weighted by atomic mass is 9.73. The molecule has 4 heteroatoms. The van der Waals surface area contributed by atoms with Gasteiger partial charge in [-0.1, -0.05) is 56.5 Å². The summed E-state index contributed by atoms with van der Waals surface area (Å²) in [7, 11) is 1.72. The van der Waals surface area contributed by atoms with Gasteiger partial charge in [-0.15, -0.1) is 0 Å². The molecule has 1 heterocycles.